The van der Waals surface area contributed by atoms with Crippen LogP contribution in [0.2, 0.25) is 0 Å². The number of hydrogen-bond acceptors (Lipinski definition) is 4. The second-order valence-electron chi connectivity index (χ2n) is 2.83. The third kappa shape index (κ3) is 2.06. The molecule has 5 nitrogen and oxygen atoms in total. The van der Waals surface area contributed by atoms with Crippen LogP contribution in [0.15, 0.2) is 17.1 Å². The van der Waals surface area contributed by atoms with Crippen LogP contribution < -0.4 is 11.4 Å². The van der Waals surface area contributed by atoms with E-state index in [1.165, 1.54) is 4.57 Å². The molecule has 0 bridgehead atoms. The standard InChI is InChI=1S/C7H12N4O/c1-10(2)5-11-4-3-6(8)9-7(11)12/h3-4H,5H2,1-2H3,(H2,8,9,12). The van der Waals surface area contributed by atoms with Crippen molar-refractivity contribution in [3.63, 3.8) is 0 Å². The SMILES string of the molecule is CN(C)Cn1ccc(N)nc1=O. The van der Waals surface area contributed by atoms with Crippen molar-refractivity contribution in [3.05, 3.63) is 22.7 Å². The Hall–Kier alpha value is -1.36. The number of nitrogen functional groups attached to an aromatic ring is 1. The van der Waals surface area contributed by atoms with Gasteiger partial charge in [-0.3, -0.25) is 9.47 Å². The number of anilines is 1. The van der Waals surface area contributed by atoms with Crippen molar-refractivity contribution in [2.75, 3.05) is 19.8 Å². The van der Waals surface area contributed by atoms with Crippen LogP contribution in [0.25, 0.3) is 0 Å². The summed E-state index contributed by atoms with van der Waals surface area (Å²) in [5.41, 5.74) is 5.00. The van der Waals surface area contributed by atoms with Crippen LogP contribution >= 0.6 is 0 Å². The van der Waals surface area contributed by atoms with Crippen LogP contribution in [0.1, 0.15) is 0 Å². The van der Waals surface area contributed by atoms with Crippen LogP contribution in [0, 0.1) is 0 Å². The smallest absolute Gasteiger partial charge is 0.350 e. The molecule has 5 heteroatoms. The minimum Gasteiger partial charge on any atom is -0.383 e. The Kier molecular flexibility index (Phi) is 2.44. The maximum Gasteiger partial charge on any atom is 0.350 e. The summed E-state index contributed by atoms with van der Waals surface area (Å²) in [4.78, 5) is 16.6. The molecular weight excluding hydrogens is 156 g/mol. The van der Waals surface area contributed by atoms with E-state index in [-0.39, 0.29) is 11.5 Å². The molecule has 0 unspecified atom stereocenters. The van der Waals surface area contributed by atoms with E-state index < -0.39 is 0 Å². The third-order valence-corrected chi connectivity index (χ3v) is 1.33. The monoisotopic (exact) mass is 168 g/mol. The Balaban J connectivity index is 2.94. The first-order valence-electron chi connectivity index (χ1n) is 3.57. The molecule has 0 spiro atoms. The topological polar surface area (TPSA) is 64.2 Å². The first kappa shape index (κ1) is 8.73. The molecule has 0 saturated carbocycles. The van der Waals surface area contributed by atoms with E-state index in [1.807, 2.05) is 19.0 Å². The lowest BCUT2D eigenvalue weighted by atomic mass is 10.6. The molecule has 0 fully saturated rings. The van der Waals surface area contributed by atoms with Gasteiger partial charge >= 0.3 is 5.69 Å². The van der Waals surface area contributed by atoms with Crippen molar-refractivity contribution in [1.29, 1.82) is 0 Å². The average molecular weight is 168 g/mol. The van der Waals surface area contributed by atoms with Crippen molar-refractivity contribution < 1.29 is 0 Å². The average Bonchev–Trinajstić information content (AvgIpc) is 1.94. The van der Waals surface area contributed by atoms with Crippen molar-refractivity contribution in [2.45, 2.75) is 6.67 Å². The number of rotatable bonds is 2. The molecule has 1 rings (SSSR count). The highest BCUT2D eigenvalue weighted by Crippen LogP contribution is 1.89. The maximum atomic E-state index is 11.1. The van der Waals surface area contributed by atoms with Crippen LogP contribution in [0.4, 0.5) is 5.82 Å². The summed E-state index contributed by atoms with van der Waals surface area (Å²) in [5.74, 6) is 0.259. The van der Waals surface area contributed by atoms with E-state index in [4.69, 9.17) is 5.73 Å². The van der Waals surface area contributed by atoms with E-state index in [2.05, 4.69) is 4.98 Å². The van der Waals surface area contributed by atoms with Gasteiger partial charge in [0.25, 0.3) is 0 Å². The molecule has 2 N–H and O–H groups in total. The molecule has 0 amide bonds. The third-order valence-electron chi connectivity index (χ3n) is 1.33. The Morgan fingerprint density at radius 2 is 2.33 bits per heavy atom. The molecule has 1 aromatic rings. The van der Waals surface area contributed by atoms with Gasteiger partial charge in [0.05, 0.1) is 6.67 Å². The largest absolute Gasteiger partial charge is 0.383 e. The summed E-state index contributed by atoms with van der Waals surface area (Å²) in [7, 11) is 3.76. The lowest BCUT2D eigenvalue weighted by molar-refractivity contribution is 0.318. The molecular formula is C7H12N4O. The van der Waals surface area contributed by atoms with E-state index in [0.717, 1.165) is 0 Å². The molecule has 0 aliphatic carbocycles. The summed E-state index contributed by atoms with van der Waals surface area (Å²) in [6.07, 6.45) is 1.63. The maximum absolute atomic E-state index is 11.1. The zero-order valence-corrected chi connectivity index (χ0v) is 7.19. The number of nitrogens with two attached hydrogens (primary N) is 1. The quantitative estimate of drug-likeness (QED) is 0.637. The molecule has 66 valence electrons. The number of nitrogens with zero attached hydrogens (tertiary/aromatic N) is 3. The predicted octanol–water partition coefficient (Wildman–Crippen LogP) is -0.655. The van der Waals surface area contributed by atoms with Gasteiger partial charge in [-0.1, -0.05) is 0 Å². The van der Waals surface area contributed by atoms with Crippen molar-refractivity contribution in [3.8, 4) is 0 Å². The second-order valence-corrected chi connectivity index (χ2v) is 2.83. The van der Waals surface area contributed by atoms with Crippen molar-refractivity contribution in [2.24, 2.45) is 0 Å². The van der Waals surface area contributed by atoms with Crippen molar-refractivity contribution >= 4 is 5.82 Å². The van der Waals surface area contributed by atoms with Crippen LogP contribution in [0.5, 0.6) is 0 Å². The zero-order valence-electron chi connectivity index (χ0n) is 7.19. The van der Waals surface area contributed by atoms with Gasteiger partial charge in [-0.25, -0.2) is 4.79 Å². The summed E-state index contributed by atoms with van der Waals surface area (Å²) >= 11 is 0. The van der Waals surface area contributed by atoms with E-state index in [0.29, 0.717) is 6.67 Å². The highest BCUT2D eigenvalue weighted by Gasteiger charge is 1.97. The molecule has 1 aromatic heterocycles. The number of aromatic nitrogens is 2. The minimum absolute atomic E-state index is 0.259. The Labute approximate surface area is 70.4 Å². The van der Waals surface area contributed by atoms with Gasteiger partial charge in [-0.15, -0.1) is 0 Å². The first-order valence-corrected chi connectivity index (χ1v) is 3.57. The fraction of sp³-hybridized carbons (Fsp3) is 0.429. The van der Waals surface area contributed by atoms with Gasteiger partial charge in [0.15, 0.2) is 0 Å². The zero-order chi connectivity index (χ0) is 9.14. The van der Waals surface area contributed by atoms with Gasteiger partial charge in [0.2, 0.25) is 0 Å². The predicted molar refractivity (Wildman–Crippen MR) is 46.6 cm³/mol. The summed E-state index contributed by atoms with van der Waals surface area (Å²) in [6.45, 7) is 0.520. The Bertz CT molecular complexity index is 317. The van der Waals surface area contributed by atoms with Gasteiger partial charge in [-0.05, 0) is 20.2 Å². The normalized spacial score (nSPS) is 10.6. The lowest BCUT2D eigenvalue weighted by Gasteiger charge is -2.10. The van der Waals surface area contributed by atoms with Crippen LogP contribution in [0.3, 0.4) is 0 Å². The Morgan fingerprint density at radius 3 is 2.83 bits per heavy atom. The number of hydrogen-bond donors (Lipinski definition) is 1. The van der Waals surface area contributed by atoms with Gasteiger partial charge < -0.3 is 5.73 Å². The highest BCUT2D eigenvalue weighted by molar-refractivity contribution is 5.23. The summed E-state index contributed by atoms with van der Waals surface area (Å²) in [5, 5.41) is 0. The summed E-state index contributed by atoms with van der Waals surface area (Å²) < 4.78 is 1.48. The molecule has 0 saturated heterocycles. The summed E-state index contributed by atoms with van der Waals surface area (Å²) in [6, 6.07) is 1.60. The van der Waals surface area contributed by atoms with E-state index in [1.54, 1.807) is 12.3 Å². The van der Waals surface area contributed by atoms with E-state index >= 15 is 0 Å². The van der Waals surface area contributed by atoms with Crippen LogP contribution in [-0.4, -0.2) is 28.5 Å². The fourth-order valence-corrected chi connectivity index (χ4v) is 0.854. The molecule has 0 aliphatic rings. The molecule has 0 aliphatic heterocycles. The van der Waals surface area contributed by atoms with Gasteiger partial charge in [-0.2, -0.15) is 4.98 Å². The first-order chi connectivity index (χ1) is 5.59. The Morgan fingerprint density at radius 1 is 1.67 bits per heavy atom. The van der Waals surface area contributed by atoms with E-state index in [9.17, 15) is 4.79 Å². The van der Waals surface area contributed by atoms with Crippen LogP contribution in [-0.2, 0) is 6.67 Å². The molecule has 1 heterocycles. The molecule has 0 radical (unpaired) electrons. The molecule has 0 atom stereocenters. The van der Waals surface area contributed by atoms with Gasteiger partial charge in [0, 0.05) is 6.20 Å². The van der Waals surface area contributed by atoms with Gasteiger partial charge in [0.1, 0.15) is 5.82 Å². The minimum atomic E-state index is -0.316. The fourth-order valence-electron chi connectivity index (χ4n) is 0.854. The second kappa shape index (κ2) is 3.36. The lowest BCUT2D eigenvalue weighted by Crippen LogP contribution is -2.29. The van der Waals surface area contributed by atoms with Crippen molar-refractivity contribution in [1.82, 2.24) is 14.5 Å². The highest BCUT2D eigenvalue weighted by atomic mass is 16.1. The molecule has 0 aromatic carbocycles. The molecule has 12 heavy (non-hydrogen) atoms.